The van der Waals surface area contributed by atoms with Gasteiger partial charge in [-0.15, -0.1) is 11.3 Å². The Bertz CT molecular complexity index is 737. The summed E-state index contributed by atoms with van der Waals surface area (Å²) in [6.07, 6.45) is 1.78. The van der Waals surface area contributed by atoms with Crippen LogP contribution in [0.25, 0.3) is 11.4 Å². The Kier molecular flexibility index (Phi) is 3.82. The van der Waals surface area contributed by atoms with Gasteiger partial charge in [-0.3, -0.25) is 0 Å². The molecule has 2 aromatic heterocycles. The minimum absolute atomic E-state index is 0.0511. The minimum atomic E-state index is -3.79. The molecule has 1 fully saturated rings. The number of hydrogen-bond acceptors (Lipinski definition) is 7. The van der Waals surface area contributed by atoms with E-state index in [-0.39, 0.29) is 22.1 Å². The van der Waals surface area contributed by atoms with E-state index >= 15 is 0 Å². The Balaban J connectivity index is 1.91. The van der Waals surface area contributed by atoms with Crippen LogP contribution >= 0.6 is 11.3 Å². The predicted molar refractivity (Wildman–Crippen MR) is 76.4 cm³/mol. The van der Waals surface area contributed by atoms with Crippen molar-refractivity contribution in [2.45, 2.75) is 36.0 Å². The first kappa shape index (κ1) is 14.6. The molecule has 2 atom stereocenters. The molecule has 1 aliphatic heterocycles. The van der Waals surface area contributed by atoms with Crippen molar-refractivity contribution < 1.29 is 17.7 Å². The molecule has 2 N–H and O–H groups in total. The third-order valence-corrected chi connectivity index (χ3v) is 5.83. The SMILES string of the molecule is CC1CC(c2nc(-c3ccsc3S(N)(=O)=O)no2)CCO1. The highest BCUT2D eigenvalue weighted by Crippen LogP contribution is 2.33. The normalized spacial score (nSPS) is 23.3. The van der Waals surface area contributed by atoms with Crippen molar-refractivity contribution in [1.82, 2.24) is 10.1 Å². The molecule has 2 unspecified atom stereocenters. The standard InChI is InChI=1S/C12H15N3O4S2/c1-7-6-8(2-4-18-7)11-14-10(15-19-11)9-3-5-20-12(9)21(13,16)17/h3,5,7-8H,2,4,6H2,1H3,(H2,13,16,17). The number of ether oxygens (including phenoxy) is 1. The van der Waals surface area contributed by atoms with Crippen LogP contribution in [0.1, 0.15) is 31.6 Å². The molecular formula is C12H15N3O4S2. The second-order valence-electron chi connectivity index (χ2n) is 5.03. The molecule has 3 rings (SSSR count). The maximum absolute atomic E-state index is 11.5. The van der Waals surface area contributed by atoms with Crippen LogP contribution < -0.4 is 5.14 Å². The Morgan fingerprint density at radius 1 is 1.48 bits per heavy atom. The highest BCUT2D eigenvalue weighted by molar-refractivity contribution is 7.91. The average molecular weight is 329 g/mol. The van der Waals surface area contributed by atoms with Gasteiger partial charge in [0.05, 0.1) is 11.7 Å². The molecule has 0 aliphatic carbocycles. The molecule has 1 aliphatic rings. The third-order valence-electron chi connectivity index (χ3n) is 3.41. The Morgan fingerprint density at radius 2 is 2.29 bits per heavy atom. The van der Waals surface area contributed by atoms with Crippen LogP contribution in [-0.4, -0.2) is 31.3 Å². The van der Waals surface area contributed by atoms with E-state index in [4.69, 9.17) is 14.4 Å². The van der Waals surface area contributed by atoms with Gasteiger partial charge in [0.25, 0.3) is 0 Å². The number of thiophene rings is 1. The zero-order valence-corrected chi connectivity index (χ0v) is 13.0. The highest BCUT2D eigenvalue weighted by Gasteiger charge is 2.27. The summed E-state index contributed by atoms with van der Waals surface area (Å²) in [5.74, 6) is 0.924. The molecule has 114 valence electrons. The largest absolute Gasteiger partial charge is 0.378 e. The quantitative estimate of drug-likeness (QED) is 0.918. The van der Waals surface area contributed by atoms with Gasteiger partial charge >= 0.3 is 0 Å². The van der Waals surface area contributed by atoms with E-state index in [9.17, 15) is 8.42 Å². The number of aromatic nitrogens is 2. The van der Waals surface area contributed by atoms with Gasteiger partial charge < -0.3 is 9.26 Å². The lowest BCUT2D eigenvalue weighted by molar-refractivity contribution is 0.0134. The lowest BCUT2D eigenvalue weighted by Gasteiger charge is -2.24. The average Bonchev–Trinajstić information content (AvgIpc) is 3.07. The van der Waals surface area contributed by atoms with Crippen LogP contribution in [0.4, 0.5) is 0 Å². The number of hydrogen-bond donors (Lipinski definition) is 1. The molecule has 0 aromatic carbocycles. The summed E-state index contributed by atoms with van der Waals surface area (Å²) < 4.78 is 33.9. The van der Waals surface area contributed by atoms with Crippen LogP contribution in [0.3, 0.4) is 0 Å². The predicted octanol–water partition coefficient (Wildman–Crippen LogP) is 1.73. The molecule has 0 spiro atoms. The van der Waals surface area contributed by atoms with E-state index in [1.165, 1.54) is 0 Å². The highest BCUT2D eigenvalue weighted by atomic mass is 32.2. The van der Waals surface area contributed by atoms with E-state index in [0.717, 1.165) is 24.2 Å². The van der Waals surface area contributed by atoms with Crippen molar-refractivity contribution in [3.8, 4) is 11.4 Å². The van der Waals surface area contributed by atoms with Crippen LogP contribution in [0.2, 0.25) is 0 Å². The van der Waals surface area contributed by atoms with Crippen molar-refractivity contribution in [1.29, 1.82) is 0 Å². The maximum Gasteiger partial charge on any atom is 0.248 e. The molecule has 3 heterocycles. The molecular weight excluding hydrogens is 314 g/mol. The van der Waals surface area contributed by atoms with Crippen LogP contribution in [0, 0.1) is 0 Å². The molecule has 0 radical (unpaired) electrons. The van der Waals surface area contributed by atoms with Crippen LogP contribution in [-0.2, 0) is 14.8 Å². The van der Waals surface area contributed by atoms with E-state index < -0.39 is 10.0 Å². The molecule has 2 aromatic rings. The van der Waals surface area contributed by atoms with Gasteiger partial charge in [-0.05, 0) is 31.2 Å². The number of rotatable bonds is 3. The zero-order valence-electron chi connectivity index (χ0n) is 11.4. The van der Waals surface area contributed by atoms with Gasteiger partial charge in [0.1, 0.15) is 4.21 Å². The smallest absolute Gasteiger partial charge is 0.248 e. The minimum Gasteiger partial charge on any atom is -0.378 e. The van der Waals surface area contributed by atoms with E-state index in [0.29, 0.717) is 18.1 Å². The van der Waals surface area contributed by atoms with Gasteiger partial charge in [0.2, 0.25) is 21.7 Å². The molecule has 0 bridgehead atoms. The van der Waals surface area contributed by atoms with E-state index in [1.54, 1.807) is 11.4 Å². The fourth-order valence-corrected chi connectivity index (χ4v) is 4.20. The van der Waals surface area contributed by atoms with Gasteiger partial charge in [-0.2, -0.15) is 4.98 Å². The molecule has 0 saturated carbocycles. The fraction of sp³-hybridized carbons (Fsp3) is 0.500. The lowest BCUT2D eigenvalue weighted by atomic mass is 9.96. The molecule has 21 heavy (non-hydrogen) atoms. The summed E-state index contributed by atoms with van der Waals surface area (Å²) in [6, 6.07) is 1.63. The first-order valence-corrected chi connectivity index (χ1v) is 8.93. The lowest BCUT2D eigenvalue weighted by Crippen LogP contribution is -2.21. The third kappa shape index (κ3) is 3.00. The fourth-order valence-electron chi connectivity index (χ4n) is 2.41. The van der Waals surface area contributed by atoms with Gasteiger partial charge in [0, 0.05) is 12.5 Å². The van der Waals surface area contributed by atoms with E-state index in [1.807, 2.05) is 6.92 Å². The molecule has 9 heteroatoms. The van der Waals surface area contributed by atoms with Gasteiger partial charge in [-0.25, -0.2) is 13.6 Å². The second kappa shape index (κ2) is 5.48. The summed E-state index contributed by atoms with van der Waals surface area (Å²) in [4.78, 5) is 4.34. The molecule has 7 nitrogen and oxygen atoms in total. The summed E-state index contributed by atoms with van der Waals surface area (Å²) in [6.45, 7) is 2.66. The Morgan fingerprint density at radius 3 is 3.00 bits per heavy atom. The summed E-state index contributed by atoms with van der Waals surface area (Å²) in [5.41, 5.74) is 0.387. The summed E-state index contributed by atoms with van der Waals surface area (Å²) >= 11 is 1.04. The van der Waals surface area contributed by atoms with Crippen molar-refractivity contribution >= 4 is 21.4 Å². The van der Waals surface area contributed by atoms with Gasteiger partial charge in [0.15, 0.2) is 0 Å². The van der Waals surface area contributed by atoms with Crippen molar-refractivity contribution in [2.24, 2.45) is 5.14 Å². The van der Waals surface area contributed by atoms with Crippen LogP contribution in [0.5, 0.6) is 0 Å². The monoisotopic (exact) mass is 329 g/mol. The molecule has 1 saturated heterocycles. The van der Waals surface area contributed by atoms with Crippen LogP contribution in [0.15, 0.2) is 20.2 Å². The zero-order chi connectivity index (χ0) is 15.0. The number of sulfonamides is 1. The maximum atomic E-state index is 11.5. The first-order chi connectivity index (χ1) is 9.95. The number of nitrogens with two attached hydrogens (primary N) is 1. The topological polar surface area (TPSA) is 108 Å². The van der Waals surface area contributed by atoms with Gasteiger partial charge in [-0.1, -0.05) is 5.16 Å². The van der Waals surface area contributed by atoms with Crippen molar-refractivity contribution in [3.05, 3.63) is 17.3 Å². The number of nitrogens with zero attached hydrogens (tertiary/aromatic N) is 2. The first-order valence-electron chi connectivity index (χ1n) is 6.51. The molecule has 0 amide bonds. The summed E-state index contributed by atoms with van der Waals surface area (Å²) in [7, 11) is -3.79. The Hall–Kier alpha value is -1.29. The van der Waals surface area contributed by atoms with E-state index in [2.05, 4.69) is 10.1 Å². The van der Waals surface area contributed by atoms with Crippen molar-refractivity contribution in [2.75, 3.05) is 6.61 Å². The number of primary sulfonamides is 1. The summed E-state index contributed by atoms with van der Waals surface area (Å²) in [5, 5.41) is 10.7. The Labute approximate surface area is 126 Å². The van der Waals surface area contributed by atoms with Crippen molar-refractivity contribution in [3.63, 3.8) is 0 Å². The second-order valence-corrected chi connectivity index (χ2v) is 7.70.